The fraction of sp³-hybridized carbons (Fsp3) is 0.250. The molecular formula is C12H13NO3S. The monoisotopic (exact) mass is 251 g/mol. The standard InChI is InChI=1S/C12H13NO3S/c1-15-10-4-8(3-9-6-13-7-17-9)5-11(16-2)12(10)14/h4-7,14H,3H2,1-2H3. The number of nitrogens with zero attached hydrogens (tertiary/aromatic N) is 1. The molecule has 1 aromatic carbocycles. The number of phenols is 1. The van der Waals surface area contributed by atoms with Crippen molar-refractivity contribution < 1.29 is 14.6 Å². The number of benzene rings is 1. The largest absolute Gasteiger partial charge is 0.502 e. The zero-order valence-corrected chi connectivity index (χ0v) is 10.5. The average Bonchev–Trinajstić information content (AvgIpc) is 2.84. The van der Waals surface area contributed by atoms with Crippen LogP contribution >= 0.6 is 11.3 Å². The van der Waals surface area contributed by atoms with Gasteiger partial charge < -0.3 is 14.6 Å². The molecule has 0 bridgehead atoms. The van der Waals surface area contributed by atoms with Gasteiger partial charge in [0.25, 0.3) is 0 Å². The fourth-order valence-electron chi connectivity index (χ4n) is 1.58. The van der Waals surface area contributed by atoms with E-state index in [4.69, 9.17) is 9.47 Å². The molecule has 2 aromatic rings. The van der Waals surface area contributed by atoms with Crippen molar-refractivity contribution in [3.05, 3.63) is 34.3 Å². The first-order chi connectivity index (χ1) is 8.24. The molecule has 17 heavy (non-hydrogen) atoms. The van der Waals surface area contributed by atoms with E-state index < -0.39 is 0 Å². The summed E-state index contributed by atoms with van der Waals surface area (Å²) in [5, 5.41) is 9.78. The number of ether oxygens (including phenoxy) is 2. The van der Waals surface area contributed by atoms with Gasteiger partial charge in [-0.3, -0.25) is 4.98 Å². The second-order valence-corrected chi connectivity index (χ2v) is 4.46. The molecule has 1 N–H and O–H groups in total. The Hall–Kier alpha value is -1.75. The van der Waals surface area contributed by atoms with Gasteiger partial charge in [0, 0.05) is 17.5 Å². The maximum Gasteiger partial charge on any atom is 0.200 e. The van der Waals surface area contributed by atoms with Gasteiger partial charge in [-0.05, 0) is 17.7 Å². The molecule has 90 valence electrons. The molecule has 0 radical (unpaired) electrons. The highest BCUT2D eigenvalue weighted by molar-refractivity contribution is 7.09. The first kappa shape index (κ1) is 11.7. The summed E-state index contributed by atoms with van der Waals surface area (Å²) in [6, 6.07) is 3.61. The Balaban J connectivity index is 2.34. The average molecular weight is 251 g/mol. The molecular weight excluding hydrogens is 238 g/mol. The normalized spacial score (nSPS) is 10.2. The number of aromatic nitrogens is 1. The SMILES string of the molecule is COc1cc(Cc2cncs2)cc(OC)c1O. The van der Waals surface area contributed by atoms with Gasteiger partial charge in [0.05, 0.1) is 19.7 Å². The summed E-state index contributed by atoms with van der Waals surface area (Å²) in [6.07, 6.45) is 2.58. The van der Waals surface area contributed by atoms with E-state index in [0.717, 1.165) is 16.9 Å². The van der Waals surface area contributed by atoms with Crippen LogP contribution in [0, 0.1) is 0 Å². The molecule has 1 heterocycles. The van der Waals surface area contributed by atoms with Crippen molar-refractivity contribution in [2.24, 2.45) is 0 Å². The van der Waals surface area contributed by atoms with Crippen molar-refractivity contribution in [3.63, 3.8) is 0 Å². The van der Waals surface area contributed by atoms with Crippen LogP contribution in [0.3, 0.4) is 0 Å². The van der Waals surface area contributed by atoms with Crippen LogP contribution in [0.5, 0.6) is 17.2 Å². The van der Waals surface area contributed by atoms with Gasteiger partial charge >= 0.3 is 0 Å². The predicted molar refractivity (Wildman–Crippen MR) is 66.1 cm³/mol. The van der Waals surface area contributed by atoms with E-state index in [1.165, 1.54) is 14.2 Å². The number of methoxy groups -OCH3 is 2. The predicted octanol–water partition coefficient (Wildman–Crippen LogP) is 2.46. The Morgan fingerprint density at radius 1 is 1.24 bits per heavy atom. The third kappa shape index (κ3) is 2.50. The molecule has 5 heteroatoms. The second-order valence-electron chi connectivity index (χ2n) is 3.49. The highest BCUT2D eigenvalue weighted by atomic mass is 32.1. The minimum Gasteiger partial charge on any atom is -0.502 e. The molecule has 0 atom stereocenters. The van der Waals surface area contributed by atoms with Crippen molar-refractivity contribution >= 4 is 11.3 Å². The minimum atomic E-state index is 0.0306. The molecule has 0 saturated heterocycles. The zero-order chi connectivity index (χ0) is 12.3. The van der Waals surface area contributed by atoms with E-state index >= 15 is 0 Å². The van der Waals surface area contributed by atoms with Crippen LogP contribution < -0.4 is 9.47 Å². The topological polar surface area (TPSA) is 51.6 Å². The number of rotatable bonds is 4. The van der Waals surface area contributed by atoms with E-state index in [2.05, 4.69) is 4.98 Å². The molecule has 1 aromatic heterocycles. The number of hydrogen-bond donors (Lipinski definition) is 1. The lowest BCUT2D eigenvalue weighted by Gasteiger charge is -2.10. The number of hydrogen-bond acceptors (Lipinski definition) is 5. The van der Waals surface area contributed by atoms with E-state index in [1.807, 2.05) is 6.20 Å². The highest BCUT2D eigenvalue weighted by Crippen LogP contribution is 2.37. The lowest BCUT2D eigenvalue weighted by atomic mass is 10.1. The molecule has 0 fully saturated rings. The zero-order valence-electron chi connectivity index (χ0n) is 9.64. The van der Waals surface area contributed by atoms with E-state index in [9.17, 15) is 5.11 Å². The number of phenolic OH excluding ortho intramolecular Hbond substituents is 1. The maximum atomic E-state index is 9.78. The van der Waals surface area contributed by atoms with Gasteiger partial charge in [0.1, 0.15) is 0 Å². The van der Waals surface area contributed by atoms with Gasteiger partial charge in [-0.15, -0.1) is 11.3 Å². The van der Waals surface area contributed by atoms with Crippen LogP contribution in [-0.4, -0.2) is 24.3 Å². The molecule has 0 aliphatic carbocycles. The summed E-state index contributed by atoms with van der Waals surface area (Å²) in [5.41, 5.74) is 2.81. The molecule has 0 unspecified atom stereocenters. The van der Waals surface area contributed by atoms with Crippen molar-refractivity contribution in [2.45, 2.75) is 6.42 Å². The summed E-state index contributed by atoms with van der Waals surface area (Å²) in [5.74, 6) is 0.871. The highest BCUT2D eigenvalue weighted by Gasteiger charge is 2.11. The van der Waals surface area contributed by atoms with Gasteiger partial charge in [-0.1, -0.05) is 0 Å². The number of aromatic hydroxyl groups is 1. The Kier molecular flexibility index (Phi) is 3.49. The quantitative estimate of drug-likeness (QED) is 0.907. The molecule has 0 aliphatic rings. The minimum absolute atomic E-state index is 0.0306. The van der Waals surface area contributed by atoms with Crippen LogP contribution in [0.4, 0.5) is 0 Å². The lowest BCUT2D eigenvalue weighted by molar-refractivity contribution is 0.339. The van der Waals surface area contributed by atoms with Gasteiger partial charge in [-0.25, -0.2) is 0 Å². The van der Waals surface area contributed by atoms with Crippen LogP contribution in [0.25, 0.3) is 0 Å². The smallest absolute Gasteiger partial charge is 0.200 e. The molecule has 0 spiro atoms. The molecule has 0 amide bonds. The Labute approximate surface area is 103 Å². The van der Waals surface area contributed by atoms with E-state index in [-0.39, 0.29) is 5.75 Å². The Morgan fingerprint density at radius 3 is 2.35 bits per heavy atom. The third-order valence-electron chi connectivity index (χ3n) is 2.40. The molecule has 2 rings (SSSR count). The van der Waals surface area contributed by atoms with Crippen molar-refractivity contribution in [2.75, 3.05) is 14.2 Å². The summed E-state index contributed by atoms with van der Waals surface area (Å²) >= 11 is 1.59. The van der Waals surface area contributed by atoms with Gasteiger partial charge in [-0.2, -0.15) is 0 Å². The first-order valence-corrected chi connectivity index (χ1v) is 5.93. The van der Waals surface area contributed by atoms with Crippen molar-refractivity contribution in [1.29, 1.82) is 0 Å². The van der Waals surface area contributed by atoms with Crippen LogP contribution in [0.15, 0.2) is 23.8 Å². The maximum absolute atomic E-state index is 9.78. The van der Waals surface area contributed by atoms with E-state index in [0.29, 0.717) is 11.5 Å². The van der Waals surface area contributed by atoms with Crippen molar-refractivity contribution in [3.8, 4) is 17.2 Å². The second kappa shape index (κ2) is 5.05. The van der Waals surface area contributed by atoms with E-state index in [1.54, 1.807) is 29.0 Å². The summed E-state index contributed by atoms with van der Waals surface area (Å²) in [7, 11) is 3.04. The summed E-state index contributed by atoms with van der Waals surface area (Å²) in [6.45, 7) is 0. The van der Waals surface area contributed by atoms with Crippen LogP contribution in [-0.2, 0) is 6.42 Å². The lowest BCUT2D eigenvalue weighted by Crippen LogP contribution is -1.93. The first-order valence-electron chi connectivity index (χ1n) is 5.06. The number of thiazole rings is 1. The van der Waals surface area contributed by atoms with Crippen molar-refractivity contribution in [1.82, 2.24) is 4.98 Å². The van der Waals surface area contributed by atoms with Gasteiger partial charge in [0.15, 0.2) is 11.5 Å². The Bertz CT molecular complexity index is 471. The molecule has 0 aliphatic heterocycles. The molecule has 0 saturated carbocycles. The van der Waals surface area contributed by atoms with Crippen LogP contribution in [0.2, 0.25) is 0 Å². The Morgan fingerprint density at radius 2 is 1.88 bits per heavy atom. The summed E-state index contributed by atoms with van der Waals surface area (Å²) < 4.78 is 10.2. The summed E-state index contributed by atoms with van der Waals surface area (Å²) in [4.78, 5) is 5.18. The third-order valence-corrected chi connectivity index (χ3v) is 3.18. The molecule has 4 nitrogen and oxygen atoms in total. The van der Waals surface area contributed by atoms with Gasteiger partial charge in [0.2, 0.25) is 5.75 Å². The fourth-order valence-corrected chi connectivity index (χ4v) is 2.21. The van der Waals surface area contributed by atoms with Crippen LogP contribution in [0.1, 0.15) is 10.4 Å².